The van der Waals surface area contributed by atoms with Crippen molar-refractivity contribution in [2.75, 3.05) is 20.3 Å². The van der Waals surface area contributed by atoms with Crippen LogP contribution in [0.2, 0.25) is 0 Å². The number of benzene rings is 1. The van der Waals surface area contributed by atoms with Crippen molar-refractivity contribution in [3.05, 3.63) is 58.2 Å². The van der Waals surface area contributed by atoms with E-state index in [4.69, 9.17) is 19.4 Å². The molecular formula is C40H50N6O5S. The Morgan fingerprint density at radius 1 is 1.21 bits per heavy atom. The van der Waals surface area contributed by atoms with Gasteiger partial charge in [-0.3, -0.25) is 24.4 Å². The van der Waals surface area contributed by atoms with E-state index in [9.17, 15) is 14.4 Å². The van der Waals surface area contributed by atoms with Crippen molar-refractivity contribution >= 4 is 40.0 Å². The fourth-order valence-corrected chi connectivity index (χ4v) is 8.75. The van der Waals surface area contributed by atoms with E-state index in [1.807, 2.05) is 18.4 Å². The molecule has 7 rings (SSSR count). The minimum absolute atomic E-state index is 0.0999. The van der Waals surface area contributed by atoms with Gasteiger partial charge in [0, 0.05) is 71.6 Å². The number of aryl methyl sites for hydroxylation is 1. The number of ether oxygens (including phenoxy) is 2. The van der Waals surface area contributed by atoms with Gasteiger partial charge >= 0.3 is 5.97 Å². The molecule has 2 fully saturated rings. The second-order valence-corrected chi connectivity index (χ2v) is 16.4. The number of hydrogen-bond donors (Lipinski definition) is 2. The third-order valence-electron chi connectivity index (χ3n) is 11.1. The van der Waals surface area contributed by atoms with E-state index in [-0.39, 0.29) is 48.8 Å². The highest BCUT2D eigenvalue weighted by Crippen LogP contribution is 2.42. The maximum absolute atomic E-state index is 14.1. The number of methoxy groups -OCH3 is 1. The number of esters is 1. The first kappa shape index (κ1) is 36.2. The molecule has 2 aliphatic heterocycles. The van der Waals surface area contributed by atoms with E-state index in [1.54, 1.807) is 13.3 Å². The van der Waals surface area contributed by atoms with Crippen molar-refractivity contribution in [3.8, 4) is 22.5 Å². The first-order chi connectivity index (χ1) is 25.0. The number of hydrazine groups is 1. The fourth-order valence-electron chi connectivity index (χ4n) is 7.90. The molecule has 0 radical (unpaired) electrons. The van der Waals surface area contributed by atoms with Crippen molar-refractivity contribution in [1.82, 2.24) is 30.3 Å². The van der Waals surface area contributed by atoms with E-state index in [1.165, 1.54) is 16.3 Å². The highest BCUT2D eigenvalue weighted by molar-refractivity contribution is 7.10. The van der Waals surface area contributed by atoms with Gasteiger partial charge in [0.05, 0.1) is 34.8 Å². The predicted octanol–water partition coefficient (Wildman–Crippen LogP) is 6.25. The number of aromatic nitrogens is 3. The Balaban J connectivity index is 1.35. The van der Waals surface area contributed by atoms with Crippen LogP contribution in [0.3, 0.4) is 0 Å². The number of carbonyl (C=O) groups is 3. The van der Waals surface area contributed by atoms with Crippen LogP contribution < -0.4 is 10.7 Å². The van der Waals surface area contributed by atoms with Gasteiger partial charge in [-0.1, -0.05) is 26.8 Å². The zero-order valence-corrected chi connectivity index (χ0v) is 31.8. The summed E-state index contributed by atoms with van der Waals surface area (Å²) in [5.41, 5.74) is 9.70. The number of rotatable bonds is 6. The lowest BCUT2D eigenvalue weighted by atomic mass is 9.74. The van der Waals surface area contributed by atoms with Crippen molar-refractivity contribution in [2.24, 2.45) is 17.3 Å². The SMILES string of the molecule is CCn1c(-c2cccnc2[C@H](C)OC)c2c3cc(ccc31)-c1csc(n1)C[C@H](NC(=O)[C@H]1CC[C@@H]1C)C(=O)N1CCC[C@H](N1)C(=O)OCC(C)(C)C2. The van der Waals surface area contributed by atoms with Gasteiger partial charge in [0.15, 0.2) is 0 Å². The molecule has 3 aromatic heterocycles. The van der Waals surface area contributed by atoms with Crippen LogP contribution in [-0.2, 0) is 43.2 Å². The van der Waals surface area contributed by atoms with Crippen LogP contribution >= 0.6 is 11.3 Å². The smallest absolute Gasteiger partial charge is 0.324 e. The number of amides is 2. The Bertz CT molecular complexity index is 1990. The van der Waals surface area contributed by atoms with Gasteiger partial charge in [0.1, 0.15) is 12.1 Å². The van der Waals surface area contributed by atoms with Crippen LogP contribution in [0, 0.1) is 17.3 Å². The summed E-state index contributed by atoms with van der Waals surface area (Å²) in [6.07, 6.45) is 5.48. The molecule has 1 aliphatic carbocycles. The average molecular weight is 727 g/mol. The molecule has 52 heavy (non-hydrogen) atoms. The van der Waals surface area contributed by atoms with Crippen molar-refractivity contribution in [3.63, 3.8) is 0 Å². The van der Waals surface area contributed by atoms with E-state index in [0.29, 0.717) is 25.8 Å². The summed E-state index contributed by atoms with van der Waals surface area (Å²) >= 11 is 1.49. The van der Waals surface area contributed by atoms with Gasteiger partial charge in [-0.2, -0.15) is 0 Å². The maximum Gasteiger partial charge on any atom is 0.324 e. The van der Waals surface area contributed by atoms with Crippen LogP contribution in [0.1, 0.15) is 82.7 Å². The van der Waals surface area contributed by atoms with Gasteiger partial charge in [-0.05, 0) is 81.7 Å². The zero-order chi connectivity index (χ0) is 36.7. The molecule has 3 aliphatic rings. The number of thiazole rings is 1. The van der Waals surface area contributed by atoms with Gasteiger partial charge in [0.25, 0.3) is 5.91 Å². The summed E-state index contributed by atoms with van der Waals surface area (Å²) in [5, 5.41) is 8.46. The Morgan fingerprint density at radius 3 is 2.77 bits per heavy atom. The Labute approximate surface area is 309 Å². The second-order valence-electron chi connectivity index (χ2n) is 15.4. The largest absolute Gasteiger partial charge is 0.464 e. The van der Waals surface area contributed by atoms with Crippen molar-refractivity contribution < 1.29 is 23.9 Å². The molecule has 5 atom stereocenters. The highest BCUT2D eigenvalue weighted by atomic mass is 32.1. The standard InChI is InChI=1S/C40H50N6O5S/c1-7-45-33-15-13-25-18-28(33)29(36(45)27-10-8-16-41-35(27)24(3)50-6)20-40(4,5)22-51-39(49)30-11-9-17-46(44-30)38(48)31(19-34-42-32(25)21-52-34)43-37(47)26-14-12-23(26)2/h8,10,13,15-16,18,21,23-24,26,30-31,44H,7,9,11-12,14,17,19-20,22H2,1-6H3,(H,43,47)/t23-,24-,26-,30-,31-/m0/s1. The van der Waals surface area contributed by atoms with E-state index >= 15 is 0 Å². The zero-order valence-electron chi connectivity index (χ0n) is 31.0. The number of nitrogens with zero attached hydrogens (tertiary/aromatic N) is 4. The first-order valence-electron chi connectivity index (χ1n) is 18.6. The number of nitrogens with one attached hydrogen (secondary N) is 2. The lowest BCUT2D eigenvalue weighted by molar-refractivity contribution is -0.155. The molecule has 11 nitrogen and oxygen atoms in total. The van der Waals surface area contributed by atoms with Crippen LogP contribution in [0.5, 0.6) is 0 Å². The molecule has 0 spiro atoms. The summed E-state index contributed by atoms with van der Waals surface area (Å²) < 4.78 is 14.2. The molecular weight excluding hydrogens is 677 g/mol. The normalized spacial score (nSPS) is 24.2. The number of pyridine rings is 1. The topological polar surface area (TPSA) is 128 Å². The monoisotopic (exact) mass is 726 g/mol. The minimum Gasteiger partial charge on any atom is -0.464 e. The molecule has 0 unspecified atom stereocenters. The van der Waals surface area contributed by atoms with Crippen molar-refractivity contribution in [2.45, 2.75) is 97.9 Å². The van der Waals surface area contributed by atoms with Crippen LogP contribution in [-0.4, -0.2) is 69.7 Å². The van der Waals surface area contributed by atoms with Gasteiger partial charge in [-0.25, -0.2) is 10.4 Å². The lowest BCUT2D eigenvalue weighted by Crippen LogP contribution is -2.61. The Hall–Kier alpha value is -4.13. The number of cyclic esters (lactones) is 1. The summed E-state index contributed by atoms with van der Waals surface area (Å²) in [7, 11) is 1.70. The highest BCUT2D eigenvalue weighted by Gasteiger charge is 2.38. The Kier molecular flexibility index (Phi) is 10.3. The second kappa shape index (κ2) is 14.7. The number of carbonyl (C=O) groups excluding carboxylic acids is 3. The molecule has 6 bridgehead atoms. The third-order valence-corrected chi connectivity index (χ3v) is 12.0. The molecule has 2 N–H and O–H groups in total. The molecule has 5 heterocycles. The summed E-state index contributed by atoms with van der Waals surface area (Å²) in [4.78, 5) is 50.9. The van der Waals surface area contributed by atoms with Crippen LogP contribution in [0.25, 0.3) is 33.4 Å². The van der Waals surface area contributed by atoms with Gasteiger partial charge in [0.2, 0.25) is 5.91 Å². The fraction of sp³-hybridized carbons (Fsp3) is 0.525. The Morgan fingerprint density at radius 2 is 2.04 bits per heavy atom. The molecule has 1 saturated carbocycles. The number of hydrogen-bond acceptors (Lipinski definition) is 9. The minimum atomic E-state index is -0.821. The van der Waals surface area contributed by atoms with E-state index in [2.05, 4.69) is 67.3 Å². The number of fused-ring (bicyclic) bond motifs is 6. The summed E-state index contributed by atoms with van der Waals surface area (Å²) in [6.45, 7) is 11.8. The third kappa shape index (κ3) is 7.00. The molecule has 1 saturated heterocycles. The van der Waals surface area contributed by atoms with E-state index in [0.717, 1.165) is 69.1 Å². The molecule has 2 amide bonds. The molecule has 276 valence electrons. The average Bonchev–Trinajstić information content (AvgIpc) is 3.73. The molecule has 4 aromatic rings. The van der Waals surface area contributed by atoms with E-state index < -0.39 is 17.5 Å². The summed E-state index contributed by atoms with van der Waals surface area (Å²) in [5.74, 6) is -0.574. The lowest BCUT2D eigenvalue weighted by Gasteiger charge is -2.37. The summed E-state index contributed by atoms with van der Waals surface area (Å²) in [6, 6.07) is 9.07. The molecule has 1 aromatic carbocycles. The molecule has 12 heteroatoms. The van der Waals surface area contributed by atoms with Crippen LogP contribution in [0.4, 0.5) is 0 Å². The van der Waals surface area contributed by atoms with Gasteiger partial charge < -0.3 is 19.4 Å². The van der Waals surface area contributed by atoms with Crippen LogP contribution in [0.15, 0.2) is 41.9 Å². The maximum atomic E-state index is 14.1. The first-order valence-corrected chi connectivity index (χ1v) is 19.5. The quantitative estimate of drug-likeness (QED) is 0.224. The van der Waals surface area contributed by atoms with Gasteiger partial charge in [-0.15, -0.1) is 11.3 Å². The van der Waals surface area contributed by atoms with Crippen molar-refractivity contribution in [1.29, 1.82) is 0 Å². The predicted molar refractivity (Wildman–Crippen MR) is 201 cm³/mol.